The van der Waals surface area contributed by atoms with Crippen molar-refractivity contribution in [3.63, 3.8) is 0 Å². The molecule has 40 heavy (non-hydrogen) atoms. The molecule has 0 aliphatic carbocycles. The highest BCUT2D eigenvalue weighted by Gasteiger charge is 2.37. The summed E-state index contributed by atoms with van der Waals surface area (Å²) in [5, 5.41) is 11.6. The van der Waals surface area contributed by atoms with Crippen molar-refractivity contribution < 1.29 is 33.8 Å². The molecule has 204 valence electrons. The van der Waals surface area contributed by atoms with Gasteiger partial charge >= 0.3 is 12.0 Å². The number of urea groups is 1. The number of carbonyl (C=O) groups is 4. The molecule has 3 aromatic rings. The number of ether oxygens (including phenoxy) is 2. The van der Waals surface area contributed by atoms with Crippen molar-refractivity contribution in [3.05, 3.63) is 106 Å². The van der Waals surface area contributed by atoms with Crippen LogP contribution in [0.2, 0.25) is 5.02 Å². The van der Waals surface area contributed by atoms with E-state index in [4.69, 9.17) is 26.2 Å². The van der Waals surface area contributed by atoms with Crippen LogP contribution in [0.25, 0.3) is 6.08 Å². The SMILES string of the molecule is C=CCc1cc(/C=C2\C(=O)NC(=O)N(c3cccc(Cl)c3)C2=O)cc(OCC)c1OCc1ccc(C(=O)O)cc1. The lowest BCUT2D eigenvalue weighted by Gasteiger charge is -2.26. The first-order chi connectivity index (χ1) is 19.2. The van der Waals surface area contributed by atoms with Gasteiger partial charge in [-0.05, 0) is 73.0 Å². The van der Waals surface area contributed by atoms with Crippen molar-refractivity contribution >= 4 is 47.2 Å². The Hall–Kier alpha value is -4.89. The second-order valence-electron chi connectivity index (χ2n) is 8.66. The number of nitrogens with one attached hydrogen (secondary N) is 1. The third-order valence-corrected chi connectivity index (χ3v) is 6.12. The average molecular weight is 561 g/mol. The van der Waals surface area contributed by atoms with E-state index in [0.29, 0.717) is 40.7 Å². The summed E-state index contributed by atoms with van der Waals surface area (Å²) in [5.74, 6) is -1.83. The van der Waals surface area contributed by atoms with Crippen molar-refractivity contribution in [3.8, 4) is 11.5 Å². The van der Waals surface area contributed by atoms with E-state index in [1.807, 2.05) is 0 Å². The molecule has 0 radical (unpaired) electrons. The minimum atomic E-state index is -1.02. The van der Waals surface area contributed by atoms with E-state index in [2.05, 4.69) is 11.9 Å². The van der Waals surface area contributed by atoms with E-state index in [1.54, 1.807) is 49.4 Å². The fourth-order valence-electron chi connectivity index (χ4n) is 4.07. The largest absolute Gasteiger partial charge is 0.490 e. The van der Waals surface area contributed by atoms with Gasteiger partial charge in [-0.3, -0.25) is 14.9 Å². The summed E-state index contributed by atoms with van der Waals surface area (Å²) in [6.45, 7) is 6.06. The lowest BCUT2D eigenvalue weighted by Crippen LogP contribution is -2.54. The third-order valence-electron chi connectivity index (χ3n) is 5.88. The second kappa shape index (κ2) is 12.3. The zero-order valence-electron chi connectivity index (χ0n) is 21.5. The lowest BCUT2D eigenvalue weighted by atomic mass is 10.0. The molecule has 1 aliphatic heterocycles. The van der Waals surface area contributed by atoms with Crippen LogP contribution >= 0.6 is 11.6 Å². The Bertz CT molecular complexity index is 1530. The molecule has 0 atom stereocenters. The fraction of sp³-hybridized carbons (Fsp3) is 0.133. The van der Waals surface area contributed by atoms with Crippen LogP contribution in [0.4, 0.5) is 10.5 Å². The average Bonchev–Trinajstić information content (AvgIpc) is 2.91. The maximum atomic E-state index is 13.3. The molecule has 0 unspecified atom stereocenters. The van der Waals surface area contributed by atoms with Crippen LogP contribution < -0.4 is 19.7 Å². The molecule has 1 fully saturated rings. The Morgan fingerprint density at radius 1 is 1.07 bits per heavy atom. The van der Waals surface area contributed by atoms with Gasteiger partial charge in [0, 0.05) is 10.6 Å². The normalized spacial score (nSPS) is 14.2. The molecule has 1 heterocycles. The topological polar surface area (TPSA) is 122 Å². The first-order valence-electron chi connectivity index (χ1n) is 12.2. The first kappa shape index (κ1) is 28.1. The van der Waals surface area contributed by atoms with Gasteiger partial charge in [0.25, 0.3) is 11.8 Å². The molecule has 4 rings (SSSR count). The van der Waals surface area contributed by atoms with Gasteiger partial charge in [-0.15, -0.1) is 6.58 Å². The van der Waals surface area contributed by atoms with Crippen molar-refractivity contribution in [2.75, 3.05) is 11.5 Å². The lowest BCUT2D eigenvalue weighted by molar-refractivity contribution is -0.122. The number of barbiturate groups is 1. The Morgan fingerprint density at radius 2 is 1.82 bits per heavy atom. The highest BCUT2D eigenvalue weighted by molar-refractivity contribution is 6.39. The molecule has 3 aromatic carbocycles. The molecule has 0 aromatic heterocycles. The predicted octanol–water partition coefficient (Wildman–Crippen LogP) is 5.41. The Kier molecular flexibility index (Phi) is 8.66. The van der Waals surface area contributed by atoms with Crippen LogP contribution in [0.5, 0.6) is 11.5 Å². The van der Waals surface area contributed by atoms with E-state index < -0.39 is 23.8 Å². The van der Waals surface area contributed by atoms with E-state index in [9.17, 15) is 19.2 Å². The van der Waals surface area contributed by atoms with Gasteiger partial charge in [-0.25, -0.2) is 14.5 Å². The van der Waals surface area contributed by atoms with Gasteiger partial charge in [0.2, 0.25) is 0 Å². The highest BCUT2D eigenvalue weighted by atomic mass is 35.5. The van der Waals surface area contributed by atoms with Gasteiger partial charge in [0.1, 0.15) is 12.2 Å². The van der Waals surface area contributed by atoms with Gasteiger partial charge in [-0.2, -0.15) is 0 Å². The molecular weight excluding hydrogens is 536 g/mol. The number of carboxylic acids is 1. The van der Waals surface area contributed by atoms with Gasteiger partial charge in [0.15, 0.2) is 11.5 Å². The molecule has 0 spiro atoms. The number of imide groups is 2. The number of carboxylic acid groups (broad SMARTS) is 1. The number of amides is 4. The van der Waals surface area contributed by atoms with Crippen molar-refractivity contribution in [2.24, 2.45) is 0 Å². The summed E-state index contributed by atoms with van der Waals surface area (Å²) < 4.78 is 11.9. The van der Waals surface area contributed by atoms with Crippen LogP contribution in [0.1, 0.15) is 34.0 Å². The summed E-state index contributed by atoms with van der Waals surface area (Å²) in [6, 6.07) is 15.0. The smallest absolute Gasteiger partial charge is 0.335 e. The van der Waals surface area contributed by atoms with Crippen LogP contribution in [-0.4, -0.2) is 35.5 Å². The molecular formula is C30H25ClN2O7. The number of nitrogens with zero attached hydrogens (tertiary/aromatic N) is 1. The highest BCUT2D eigenvalue weighted by Crippen LogP contribution is 2.36. The maximum Gasteiger partial charge on any atom is 0.335 e. The standard InChI is InChI=1S/C30H25ClN2O7/c1-3-6-21-13-19(14-24-27(34)32-30(38)33(28(24)35)23-8-5-7-22(31)16-23)15-25(39-4-2)26(21)40-17-18-9-11-20(12-10-18)29(36)37/h3,5,7-16H,1,4,6,17H2,2H3,(H,36,37)(H,32,34,38)/b24-14+. The van der Waals surface area contributed by atoms with Crippen molar-refractivity contribution in [1.82, 2.24) is 5.32 Å². The molecule has 0 bridgehead atoms. The van der Waals surface area contributed by atoms with E-state index >= 15 is 0 Å². The summed E-state index contributed by atoms with van der Waals surface area (Å²) in [5.41, 5.74) is 2.03. The third kappa shape index (κ3) is 6.22. The number of halogens is 1. The number of benzene rings is 3. The molecule has 0 saturated carbocycles. The number of hydrogen-bond acceptors (Lipinski definition) is 6. The summed E-state index contributed by atoms with van der Waals surface area (Å²) in [6.07, 6.45) is 3.44. The number of rotatable bonds is 10. The Morgan fingerprint density at radius 3 is 2.48 bits per heavy atom. The van der Waals surface area contributed by atoms with Crippen molar-refractivity contribution in [1.29, 1.82) is 0 Å². The Labute approximate surface area is 235 Å². The summed E-state index contributed by atoms with van der Waals surface area (Å²) >= 11 is 6.04. The fourth-order valence-corrected chi connectivity index (χ4v) is 4.26. The minimum absolute atomic E-state index is 0.141. The van der Waals surface area contributed by atoms with Gasteiger partial charge in [0.05, 0.1) is 17.9 Å². The van der Waals surface area contributed by atoms with Gasteiger partial charge < -0.3 is 14.6 Å². The summed E-state index contributed by atoms with van der Waals surface area (Å²) in [7, 11) is 0. The molecule has 1 saturated heterocycles. The number of anilines is 1. The number of aromatic carboxylic acids is 1. The van der Waals surface area contributed by atoms with E-state index in [-0.39, 0.29) is 23.4 Å². The van der Waals surface area contributed by atoms with Crippen LogP contribution in [-0.2, 0) is 22.6 Å². The van der Waals surface area contributed by atoms with E-state index in [1.165, 1.54) is 30.3 Å². The van der Waals surface area contributed by atoms with E-state index in [0.717, 1.165) is 10.5 Å². The molecule has 4 amide bonds. The summed E-state index contributed by atoms with van der Waals surface area (Å²) in [4.78, 5) is 50.5. The Balaban J connectivity index is 1.69. The van der Waals surface area contributed by atoms with Crippen LogP contribution in [0.3, 0.4) is 0 Å². The molecule has 1 aliphatic rings. The first-order valence-corrected chi connectivity index (χ1v) is 12.6. The molecule has 2 N–H and O–H groups in total. The minimum Gasteiger partial charge on any atom is -0.490 e. The maximum absolute atomic E-state index is 13.3. The second-order valence-corrected chi connectivity index (χ2v) is 9.10. The number of allylic oxidation sites excluding steroid dienone is 1. The number of carbonyl (C=O) groups excluding carboxylic acids is 3. The molecule has 10 heteroatoms. The molecule has 9 nitrogen and oxygen atoms in total. The predicted molar refractivity (Wildman–Crippen MR) is 150 cm³/mol. The van der Waals surface area contributed by atoms with Crippen LogP contribution in [0, 0.1) is 0 Å². The quantitative estimate of drug-likeness (QED) is 0.193. The van der Waals surface area contributed by atoms with Gasteiger partial charge in [-0.1, -0.05) is 35.9 Å². The zero-order chi connectivity index (χ0) is 28.8. The van der Waals surface area contributed by atoms with Crippen molar-refractivity contribution in [2.45, 2.75) is 20.0 Å². The monoisotopic (exact) mass is 560 g/mol. The zero-order valence-corrected chi connectivity index (χ0v) is 22.2. The van der Waals surface area contributed by atoms with Crippen LogP contribution in [0.15, 0.2) is 78.9 Å². The number of hydrogen-bond donors (Lipinski definition) is 2.